The van der Waals surface area contributed by atoms with Crippen LogP contribution < -0.4 is 24.8 Å². The van der Waals surface area contributed by atoms with Crippen LogP contribution in [0.3, 0.4) is 0 Å². The Morgan fingerprint density at radius 3 is 2.28 bits per heavy atom. The highest BCUT2D eigenvalue weighted by molar-refractivity contribution is 6.20. The van der Waals surface area contributed by atoms with Gasteiger partial charge in [-0.05, 0) is 24.3 Å². The Bertz CT molecular complexity index is 1390. The van der Waals surface area contributed by atoms with Crippen molar-refractivity contribution in [3.05, 3.63) is 82.8 Å². The van der Waals surface area contributed by atoms with E-state index in [1.807, 2.05) is 6.07 Å². The van der Waals surface area contributed by atoms with Gasteiger partial charge in [-0.25, -0.2) is 4.99 Å². The number of carbonyl (C=O) groups excluding carboxylic acids is 2. The molecule has 0 bridgehead atoms. The van der Waals surface area contributed by atoms with E-state index in [-0.39, 0.29) is 29.2 Å². The average molecular weight is 486 g/mol. The highest BCUT2D eigenvalue weighted by atomic mass is 16.5. The van der Waals surface area contributed by atoms with Gasteiger partial charge in [-0.15, -0.1) is 0 Å². The Labute approximate surface area is 206 Å². The predicted molar refractivity (Wildman–Crippen MR) is 130 cm³/mol. The number of rotatable bonds is 7. The van der Waals surface area contributed by atoms with E-state index in [4.69, 9.17) is 18.6 Å². The molecule has 10 heteroatoms. The van der Waals surface area contributed by atoms with E-state index in [0.717, 1.165) is 0 Å². The molecule has 0 atom stereocenters. The fourth-order valence-electron chi connectivity index (χ4n) is 3.69. The minimum atomic E-state index is -0.611. The Morgan fingerprint density at radius 2 is 1.69 bits per heavy atom. The Morgan fingerprint density at radius 1 is 1.00 bits per heavy atom. The van der Waals surface area contributed by atoms with Gasteiger partial charge in [0.1, 0.15) is 23.2 Å². The summed E-state index contributed by atoms with van der Waals surface area (Å²) in [6.07, 6.45) is 1.49. The fourth-order valence-corrected chi connectivity index (χ4v) is 3.69. The summed E-state index contributed by atoms with van der Waals surface area (Å²) in [4.78, 5) is 30.4. The zero-order valence-corrected chi connectivity index (χ0v) is 19.7. The number of ether oxygens (including phenoxy) is 3. The molecule has 2 amide bonds. The maximum absolute atomic E-state index is 13.1. The number of furan rings is 1. The van der Waals surface area contributed by atoms with Crippen LogP contribution in [0, 0.1) is 11.3 Å². The van der Waals surface area contributed by atoms with Crippen molar-refractivity contribution in [1.29, 1.82) is 5.26 Å². The van der Waals surface area contributed by atoms with Crippen molar-refractivity contribution < 1.29 is 28.2 Å². The van der Waals surface area contributed by atoms with E-state index in [1.54, 1.807) is 36.4 Å². The molecule has 0 saturated heterocycles. The van der Waals surface area contributed by atoms with Gasteiger partial charge in [-0.3, -0.25) is 9.59 Å². The van der Waals surface area contributed by atoms with Crippen LogP contribution in [0.5, 0.6) is 17.2 Å². The number of hydrogen-bond donors (Lipinski definition) is 2. The van der Waals surface area contributed by atoms with Crippen LogP contribution in [0.25, 0.3) is 5.70 Å². The standard InChI is InChI=1S/C26H22N4O6/c1-33-20-11-15(12-21(34-2)23(20)35-3)25(31)30-24-18-9-5-4-8-17(18)22(29-24)19(13-27)26(32)28-14-16-7-6-10-36-16/h4-12H,14H2,1-3H3,(H,28,32)(H,29,30,31)/b22-19-. The third-order valence-electron chi connectivity index (χ3n) is 5.40. The van der Waals surface area contributed by atoms with E-state index in [1.165, 1.54) is 39.7 Å². The van der Waals surface area contributed by atoms with Gasteiger partial charge < -0.3 is 29.3 Å². The lowest BCUT2D eigenvalue weighted by molar-refractivity contribution is -0.117. The van der Waals surface area contributed by atoms with Crippen molar-refractivity contribution in [2.75, 3.05) is 21.3 Å². The number of aliphatic imine (C=N–C) groups is 1. The molecule has 0 fully saturated rings. The minimum Gasteiger partial charge on any atom is -0.493 e. The molecule has 2 aromatic carbocycles. The fraction of sp³-hybridized carbons (Fsp3) is 0.154. The second-order valence-corrected chi connectivity index (χ2v) is 7.47. The van der Waals surface area contributed by atoms with Crippen LogP contribution in [0.1, 0.15) is 27.2 Å². The van der Waals surface area contributed by atoms with Gasteiger partial charge in [-0.2, -0.15) is 5.26 Å². The molecule has 1 aliphatic heterocycles. The summed E-state index contributed by atoms with van der Waals surface area (Å²) in [5.41, 5.74) is 1.32. The summed E-state index contributed by atoms with van der Waals surface area (Å²) in [6, 6.07) is 15.4. The number of methoxy groups -OCH3 is 3. The van der Waals surface area contributed by atoms with E-state index in [2.05, 4.69) is 15.6 Å². The Kier molecular flexibility index (Phi) is 7.02. The molecule has 1 aromatic heterocycles. The number of nitrogens with zero attached hydrogens (tertiary/aromatic N) is 2. The molecule has 2 heterocycles. The van der Waals surface area contributed by atoms with Crippen molar-refractivity contribution in [2.24, 2.45) is 4.99 Å². The minimum absolute atomic E-state index is 0.111. The molecule has 2 N–H and O–H groups in total. The number of carbonyl (C=O) groups is 2. The Hall–Kier alpha value is -5.04. The van der Waals surface area contributed by atoms with Crippen molar-refractivity contribution in [1.82, 2.24) is 10.6 Å². The van der Waals surface area contributed by atoms with Crippen LogP contribution in [-0.2, 0) is 11.3 Å². The second kappa shape index (κ2) is 10.5. The average Bonchev–Trinajstić information content (AvgIpc) is 3.55. The SMILES string of the molecule is COc1cc(C(=O)NC2=N/C(=C(/C#N)C(=O)NCc3ccco3)c3ccccc32)cc(OC)c1OC. The monoisotopic (exact) mass is 486 g/mol. The van der Waals surface area contributed by atoms with Crippen LogP contribution in [0.4, 0.5) is 0 Å². The first kappa shape index (κ1) is 24.1. The molecule has 4 rings (SSSR count). The molecule has 36 heavy (non-hydrogen) atoms. The number of amides is 2. The number of hydrogen-bond acceptors (Lipinski definition) is 8. The summed E-state index contributed by atoms with van der Waals surface area (Å²) in [7, 11) is 4.37. The van der Waals surface area contributed by atoms with Gasteiger partial charge in [-0.1, -0.05) is 24.3 Å². The first-order valence-corrected chi connectivity index (χ1v) is 10.8. The van der Waals surface area contributed by atoms with Gasteiger partial charge in [0, 0.05) is 16.7 Å². The molecule has 0 unspecified atom stereocenters. The van der Waals surface area contributed by atoms with Crippen LogP contribution in [0.2, 0.25) is 0 Å². The molecule has 10 nitrogen and oxygen atoms in total. The zero-order chi connectivity index (χ0) is 25.7. The normalized spacial score (nSPS) is 13.1. The molecule has 0 spiro atoms. The highest BCUT2D eigenvalue weighted by Crippen LogP contribution is 2.38. The smallest absolute Gasteiger partial charge is 0.264 e. The molecule has 0 aliphatic carbocycles. The second-order valence-electron chi connectivity index (χ2n) is 7.47. The third-order valence-corrected chi connectivity index (χ3v) is 5.40. The van der Waals surface area contributed by atoms with Crippen molar-refractivity contribution >= 4 is 23.3 Å². The van der Waals surface area contributed by atoms with E-state index < -0.39 is 11.8 Å². The van der Waals surface area contributed by atoms with Gasteiger partial charge in [0.25, 0.3) is 11.8 Å². The number of nitriles is 1. The lowest BCUT2D eigenvalue weighted by Gasteiger charge is -2.14. The maximum Gasteiger partial charge on any atom is 0.264 e. The van der Waals surface area contributed by atoms with Gasteiger partial charge in [0.15, 0.2) is 11.5 Å². The predicted octanol–water partition coefficient (Wildman–Crippen LogP) is 3.05. The summed E-state index contributed by atoms with van der Waals surface area (Å²) in [5, 5.41) is 15.2. The van der Waals surface area contributed by atoms with Gasteiger partial charge in [0.05, 0.1) is 39.8 Å². The lowest BCUT2D eigenvalue weighted by Crippen LogP contribution is -2.30. The van der Waals surface area contributed by atoms with Crippen molar-refractivity contribution in [2.45, 2.75) is 6.54 Å². The van der Waals surface area contributed by atoms with Crippen LogP contribution in [0.15, 0.2) is 69.8 Å². The van der Waals surface area contributed by atoms with E-state index in [9.17, 15) is 14.9 Å². The van der Waals surface area contributed by atoms with Gasteiger partial charge >= 0.3 is 0 Å². The zero-order valence-electron chi connectivity index (χ0n) is 19.7. The third kappa shape index (κ3) is 4.63. The summed E-state index contributed by atoms with van der Waals surface area (Å²) in [6.45, 7) is 0.111. The summed E-state index contributed by atoms with van der Waals surface area (Å²) < 4.78 is 21.2. The number of fused-ring (bicyclic) bond motifs is 1. The lowest BCUT2D eigenvalue weighted by atomic mass is 10.0. The molecular weight excluding hydrogens is 464 g/mol. The van der Waals surface area contributed by atoms with Crippen molar-refractivity contribution in [3.8, 4) is 23.3 Å². The molecule has 182 valence electrons. The highest BCUT2D eigenvalue weighted by Gasteiger charge is 2.28. The Balaban J connectivity index is 1.66. The molecule has 1 aliphatic rings. The molecule has 3 aromatic rings. The molecular formula is C26H22N4O6. The number of benzene rings is 2. The first-order chi connectivity index (χ1) is 17.5. The largest absolute Gasteiger partial charge is 0.493 e. The summed E-state index contributed by atoms with van der Waals surface area (Å²) >= 11 is 0. The maximum atomic E-state index is 13.1. The summed E-state index contributed by atoms with van der Waals surface area (Å²) in [5.74, 6) is 0.618. The quantitative estimate of drug-likeness (QED) is 0.387. The van der Waals surface area contributed by atoms with Crippen LogP contribution >= 0.6 is 0 Å². The van der Waals surface area contributed by atoms with Crippen LogP contribution in [-0.4, -0.2) is 39.0 Å². The van der Waals surface area contributed by atoms with Crippen molar-refractivity contribution in [3.63, 3.8) is 0 Å². The molecule has 0 saturated carbocycles. The number of amidine groups is 1. The molecule has 0 radical (unpaired) electrons. The van der Waals surface area contributed by atoms with Gasteiger partial charge in [0.2, 0.25) is 5.75 Å². The number of nitrogens with one attached hydrogen (secondary N) is 2. The first-order valence-electron chi connectivity index (χ1n) is 10.8. The van der Waals surface area contributed by atoms with E-state index >= 15 is 0 Å². The topological polar surface area (TPSA) is 135 Å². The van der Waals surface area contributed by atoms with E-state index in [0.29, 0.717) is 34.1 Å².